The summed E-state index contributed by atoms with van der Waals surface area (Å²) >= 11 is 0. The number of allylic oxidation sites excluding steroid dienone is 12. The summed E-state index contributed by atoms with van der Waals surface area (Å²) in [5, 5.41) is 0. The van der Waals surface area contributed by atoms with Gasteiger partial charge in [-0.3, -0.25) is 0 Å². The molecule has 0 radical (unpaired) electrons. The average Bonchev–Trinajstić information content (AvgIpc) is 2.44. The molecule has 0 aromatic rings. The van der Waals surface area contributed by atoms with Gasteiger partial charge in [0.05, 0.1) is 0 Å². The van der Waals surface area contributed by atoms with E-state index in [1.54, 1.807) is 6.08 Å². The van der Waals surface area contributed by atoms with Crippen molar-refractivity contribution in [3.8, 4) is 0 Å². The molecule has 2 aliphatic rings. The maximum atomic E-state index is 14.9. The fraction of sp³-hybridized carbons (Fsp3) is 0.455. The van der Waals surface area contributed by atoms with E-state index < -0.39 is 0 Å². The molecule has 0 aliphatic heterocycles. The minimum absolute atomic E-state index is 0.0405. The zero-order valence-electron chi connectivity index (χ0n) is 15.3. The van der Waals surface area contributed by atoms with Crippen molar-refractivity contribution >= 4 is 0 Å². The summed E-state index contributed by atoms with van der Waals surface area (Å²) in [6, 6.07) is 0. The van der Waals surface area contributed by atoms with Crippen molar-refractivity contribution in [3.05, 3.63) is 71.2 Å². The Bertz CT molecular complexity index is 649. The summed E-state index contributed by atoms with van der Waals surface area (Å²) in [4.78, 5) is 0. The SMILES string of the molecule is CC=CC1(C)C2CC(C)=CC(F)=C2C(/C=C\C=C/C)=CC1(C)C. The van der Waals surface area contributed by atoms with Gasteiger partial charge in [0.25, 0.3) is 0 Å². The Balaban J connectivity index is 2.69. The molecule has 2 atom stereocenters. The van der Waals surface area contributed by atoms with E-state index in [9.17, 15) is 4.39 Å². The molecule has 0 aromatic carbocycles. The lowest BCUT2D eigenvalue weighted by Gasteiger charge is -2.52. The van der Waals surface area contributed by atoms with E-state index in [1.165, 1.54) is 0 Å². The highest BCUT2D eigenvalue weighted by Crippen LogP contribution is 2.58. The number of fused-ring (bicyclic) bond motifs is 1. The molecule has 0 N–H and O–H groups in total. The molecular weight excluding hydrogens is 283 g/mol. The maximum absolute atomic E-state index is 14.9. The van der Waals surface area contributed by atoms with Crippen LogP contribution in [0, 0.1) is 16.7 Å². The van der Waals surface area contributed by atoms with Crippen molar-refractivity contribution in [3.63, 3.8) is 0 Å². The molecule has 2 rings (SSSR count). The Morgan fingerprint density at radius 1 is 1.13 bits per heavy atom. The molecule has 2 unspecified atom stereocenters. The van der Waals surface area contributed by atoms with Gasteiger partial charge >= 0.3 is 0 Å². The first-order chi connectivity index (χ1) is 10.8. The second kappa shape index (κ2) is 6.47. The Labute approximate surface area is 140 Å². The topological polar surface area (TPSA) is 0 Å². The van der Waals surface area contributed by atoms with E-state index >= 15 is 0 Å². The first kappa shape index (κ1) is 17.7. The van der Waals surface area contributed by atoms with E-state index in [2.05, 4.69) is 45.9 Å². The first-order valence-corrected chi connectivity index (χ1v) is 8.50. The van der Waals surface area contributed by atoms with E-state index in [0.717, 1.165) is 23.1 Å². The van der Waals surface area contributed by atoms with Crippen LogP contribution in [-0.2, 0) is 0 Å². The van der Waals surface area contributed by atoms with E-state index in [4.69, 9.17) is 0 Å². The lowest BCUT2D eigenvalue weighted by Crippen LogP contribution is -2.44. The third-order valence-electron chi connectivity index (χ3n) is 5.54. The molecule has 0 amide bonds. The first-order valence-electron chi connectivity index (χ1n) is 8.50. The van der Waals surface area contributed by atoms with Crippen molar-refractivity contribution in [2.75, 3.05) is 0 Å². The van der Waals surface area contributed by atoms with Crippen LogP contribution in [-0.4, -0.2) is 0 Å². The molecule has 0 heterocycles. The molecule has 0 bridgehead atoms. The van der Waals surface area contributed by atoms with Gasteiger partial charge < -0.3 is 0 Å². The fourth-order valence-corrected chi connectivity index (χ4v) is 3.95. The third kappa shape index (κ3) is 3.06. The minimum Gasteiger partial charge on any atom is -0.207 e. The zero-order valence-corrected chi connectivity index (χ0v) is 15.3. The van der Waals surface area contributed by atoms with Crippen LogP contribution in [0.5, 0.6) is 0 Å². The fourth-order valence-electron chi connectivity index (χ4n) is 3.95. The van der Waals surface area contributed by atoms with Gasteiger partial charge in [-0.15, -0.1) is 0 Å². The predicted octanol–water partition coefficient (Wildman–Crippen LogP) is 6.86. The standard InChI is InChI=1S/C22H29F/c1-7-9-10-11-17-15-21(4,5)22(6,12-8-2)18-13-16(3)14-19(23)20(17)18/h7-12,14-15,18H,13H2,1-6H3/b9-7-,11-10-,12-8?. The highest BCUT2D eigenvalue weighted by Gasteiger charge is 2.50. The van der Waals surface area contributed by atoms with Crippen LogP contribution in [0.3, 0.4) is 0 Å². The molecule has 23 heavy (non-hydrogen) atoms. The van der Waals surface area contributed by atoms with Gasteiger partial charge in [-0.1, -0.05) is 68.9 Å². The maximum Gasteiger partial charge on any atom is 0.127 e. The quantitative estimate of drug-likeness (QED) is 0.394. The van der Waals surface area contributed by atoms with Crippen molar-refractivity contribution < 1.29 is 4.39 Å². The van der Waals surface area contributed by atoms with Gasteiger partial charge in [0.15, 0.2) is 0 Å². The molecule has 1 heteroatoms. The van der Waals surface area contributed by atoms with Crippen molar-refractivity contribution in [1.29, 1.82) is 0 Å². The predicted molar refractivity (Wildman–Crippen MR) is 98.7 cm³/mol. The molecule has 0 nitrogen and oxygen atoms in total. The van der Waals surface area contributed by atoms with Crippen molar-refractivity contribution in [1.82, 2.24) is 0 Å². The molecule has 0 spiro atoms. The molecule has 0 saturated heterocycles. The second-order valence-electron chi connectivity index (χ2n) is 7.50. The molecule has 124 valence electrons. The van der Waals surface area contributed by atoms with Crippen LogP contribution in [0.15, 0.2) is 71.2 Å². The molecule has 0 aromatic heterocycles. The monoisotopic (exact) mass is 312 g/mol. The van der Waals surface area contributed by atoms with Gasteiger partial charge in [-0.2, -0.15) is 0 Å². The summed E-state index contributed by atoms with van der Waals surface area (Å²) in [7, 11) is 0. The van der Waals surface area contributed by atoms with Crippen LogP contribution in [0.25, 0.3) is 0 Å². The largest absolute Gasteiger partial charge is 0.207 e. The number of rotatable bonds is 3. The van der Waals surface area contributed by atoms with E-state index in [-0.39, 0.29) is 22.6 Å². The van der Waals surface area contributed by atoms with Crippen molar-refractivity contribution in [2.24, 2.45) is 16.7 Å². The van der Waals surface area contributed by atoms with Gasteiger partial charge in [-0.25, -0.2) is 4.39 Å². The van der Waals surface area contributed by atoms with Crippen LogP contribution < -0.4 is 0 Å². The summed E-state index contributed by atoms with van der Waals surface area (Å²) < 4.78 is 14.9. The molecular formula is C22H29F. The molecule has 2 aliphatic carbocycles. The molecule has 0 fully saturated rings. The van der Waals surface area contributed by atoms with E-state index in [1.807, 2.05) is 38.2 Å². The van der Waals surface area contributed by atoms with Crippen LogP contribution in [0.4, 0.5) is 4.39 Å². The number of hydrogen-bond acceptors (Lipinski definition) is 0. The third-order valence-corrected chi connectivity index (χ3v) is 5.54. The van der Waals surface area contributed by atoms with Crippen LogP contribution >= 0.6 is 0 Å². The van der Waals surface area contributed by atoms with Crippen LogP contribution in [0.2, 0.25) is 0 Å². The summed E-state index contributed by atoms with van der Waals surface area (Å²) in [6.07, 6.45) is 17.3. The lowest BCUT2D eigenvalue weighted by molar-refractivity contribution is 0.123. The summed E-state index contributed by atoms with van der Waals surface area (Å²) in [5.41, 5.74) is 2.89. The van der Waals surface area contributed by atoms with Gasteiger partial charge in [0.2, 0.25) is 0 Å². The second-order valence-corrected chi connectivity index (χ2v) is 7.50. The highest BCUT2D eigenvalue weighted by atomic mass is 19.1. The van der Waals surface area contributed by atoms with Crippen LogP contribution in [0.1, 0.15) is 48.0 Å². The normalized spacial score (nSPS) is 31.0. The Morgan fingerprint density at radius 2 is 1.83 bits per heavy atom. The van der Waals surface area contributed by atoms with Crippen molar-refractivity contribution in [2.45, 2.75) is 48.0 Å². The number of halogens is 1. The lowest BCUT2D eigenvalue weighted by atomic mass is 9.51. The van der Waals surface area contributed by atoms with Gasteiger partial charge in [0, 0.05) is 11.3 Å². The van der Waals surface area contributed by atoms with E-state index in [0.29, 0.717) is 0 Å². The Hall–Kier alpha value is -1.63. The summed E-state index contributed by atoms with van der Waals surface area (Å²) in [5.74, 6) is 0.107. The average molecular weight is 312 g/mol. The molecule has 0 saturated carbocycles. The smallest absolute Gasteiger partial charge is 0.127 e. The minimum atomic E-state index is -0.0954. The van der Waals surface area contributed by atoms with Gasteiger partial charge in [0.1, 0.15) is 5.83 Å². The Morgan fingerprint density at radius 3 is 2.43 bits per heavy atom. The summed E-state index contributed by atoms with van der Waals surface area (Å²) in [6.45, 7) is 12.9. The zero-order chi connectivity index (χ0) is 17.3. The van der Waals surface area contributed by atoms with Gasteiger partial charge in [-0.05, 0) is 49.8 Å². The highest BCUT2D eigenvalue weighted by molar-refractivity contribution is 5.54. The number of hydrogen-bond donors (Lipinski definition) is 0. The Kier molecular flexibility index (Phi) is 4.98.